The van der Waals surface area contributed by atoms with Crippen molar-refractivity contribution < 1.29 is 38.1 Å². The normalized spacial score (nSPS) is 14.7. The molecule has 1 atom stereocenters. The predicted octanol–water partition coefficient (Wildman–Crippen LogP) is 3.50. The zero-order chi connectivity index (χ0) is 23.0. The molecule has 1 amide bonds. The van der Waals surface area contributed by atoms with Crippen LogP contribution < -0.4 is 14.8 Å². The minimum absolute atomic E-state index is 0.0169. The largest absolute Gasteiger partial charge is 0.586 e. The van der Waals surface area contributed by atoms with Crippen LogP contribution >= 0.6 is 11.6 Å². The molecular formula is C20H14ClF2N3O6. The molecule has 0 saturated heterocycles. The number of hydrogen-bond donors (Lipinski definition) is 3. The number of alkyl halides is 2. The number of para-hydroxylation sites is 1. The van der Waals surface area contributed by atoms with Crippen LogP contribution in [0.2, 0.25) is 5.02 Å². The van der Waals surface area contributed by atoms with E-state index < -0.39 is 30.6 Å². The third kappa shape index (κ3) is 4.28. The molecule has 12 heteroatoms. The topological polar surface area (TPSA) is 123 Å². The molecule has 9 nitrogen and oxygen atoms in total. The third-order valence-electron chi connectivity index (χ3n) is 4.51. The standard InChI is InChI=1S/C20H14ClF2N3O6/c21-10-4-6-11(7-5-10)26-16(27)8-14(25-26)19(30)24-13(9-17(28)29)12-2-1-3-15-18(12)32-20(22,23)31-15/h1-8,13,27H,9H2,(H,24,30)(H,28,29). The van der Waals surface area contributed by atoms with Crippen LogP contribution in [-0.4, -0.2) is 38.2 Å². The highest BCUT2D eigenvalue weighted by Gasteiger charge is 2.45. The highest BCUT2D eigenvalue weighted by molar-refractivity contribution is 6.30. The molecule has 0 aliphatic carbocycles. The lowest BCUT2D eigenvalue weighted by atomic mass is 10.0. The number of carbonyl (C=O) groups is 2. The zero-order valence-corrected chi connectivity index (χ0v) is 16.7. The molecule has 2 heterocycles. The van der Waals surface area contributed by atoms with Crippen LogP contribution in [0.15, 0.2) is 48.5 Å². The van der Waals surface area contributed by atoms with Gasteiger partial charge in [-0.15, -0.1) is 8.78 Å². The molecule has 166 valence electrons. The van der Waals surface area contributed by atoms with Crippen LogP contribution in [0.25, 0.3) is 5.69 Å². The van der Waals surface area contributed by atoms with E-state index in [0.717, 1.165) is 10.7 Å². The van der Waals surface area contributed by atoms with Gasteiger partial charge >= 0.3 is 12.3 Å². The highest BCUT2D eigenvalue weighted by Crippen LogP contribution is 2.45. The molecule has 3 aromatic rings. The first-order valence-corrected chi connectivity index (χ1v) is 9.47. The van der Waals surface area contributed by atoms with Crippen molar-refractivity contribution in [1.82, 2.24) is 15.1 Å². The second-order valence-corrected chi connectivity index (χ2v) is 7.18. The van der Waals surface area contributed by atoms with Gasteiger partial charge in [0.15, 0.2) is 17.2 Å². The van der Waals surface area contributed by atoms with Gasteiger partial charge < -0.3 is 25.0 Å². The van der Waals surface area contributed by atoms with Crippen LogP contribution in [0.1, 0.15) is 28.5 Å². The van der Waals surface area contributed by atoms with Gasteiger partial charge in [0.1, 0.15) is 0 Å². The summed E-state index contributed by atoms with van der Waals surface area (Å²) >= 11 is 5.84. The number of carbonyl (C=O) groups excluding carboxylic acids is 1. The first-order chi connectivity index (χ1) is 15.1. The maximum Gasteiger partial charge on any atom is 0.586 e. The van der Waals surface area contributed by atoms with Crippen molar-refractivity contribution in [3.05, 3.63) is 64.8 Å². The molecule has 32 heavy (non-hydrogen) atoms. The zero-order valence-electron chi connectivity index (χ0n) is 16.0. The van der Waals surface area contributed by atoms with Gasteiger partial charge in [-0.1, -0.05) is 23.7 Å². The molecule has 1 aliphatic heterocycles. The third-order valence-corrected chi connectivity index (χ3v) is 4.76. The summed E-state index contributed by atoms with van der Waals surface area (Å²) < 4.78 is 37.0. The molecule has 0 saturated carbocycles. The van der Waals surface area contributed by atoms with E-state index in [0.29, 0.717) is 10.7 Å². The van der Waals surface area contributed by atoms with Gasteiger partial charge in [-0.25, -0.2) is 4.68 Å². The van der Waals surface area contributed by atoms with Crippen molar-refractivity contribution >= 4 is 23.5 Å². The quantitative estimate of drug-likeness (QED) is 0.509. The number of ether oxygens (including phenoxy) is 2. The van der Waals surface area contributed by atoms with Gasteiger partial charge in [0.2, 0.25) is 5.88 Å². The van der Waals surface area contributed by atoms with E-state index >= 15 is 0 Å². The Morgan fingerprint density at radius 3 is 2.59 bits per heavy atom. The summed E-state index contributed by atoms with van der Waals surface area (Å²) in [5.74, 6) is -3.17. The Morgan fingerprint density at radius 2 is 1.91 bits per heavy atom. The Labute approximate surface area is 183 Å². The SMILES string of the molecule is O=C(O)CC(NC(=O)c1cc(O)n(-c2ccc(Cl)cc2)n1)c1cccc2c1OC(F)(F)O2. The fourth-order valence-corrected chi connectivity index (χ4v) is 3.29. The van der Waals surface area contributed by atoms with Crippen molar-refractivity contribution in [3.63, 3.8) is 0 Å². The number of aromatic hydroxyl groups is 1. The second kappa shape index (κ2) is 8.00. The lowest BCUT2D eigenvalue weighted by Crippen LogP contribution is -2.31. The van der Waals surface area contributed by atoms with E-state index in [1.807, 2.05) is 0 Å². The minimum atomic E-state index is -3.92. The summed E-state index contributed by atoms with van der Waals surface area (Å²) in [7, 11) is 0. The van der Waals surface area contributed by atoms with Crippen LogP contribution in [-0.2, 0) is 4.79 Å². The predicted molar refractivity (Wildman–Crippen MR) is 105 cm³/mol. The number of aliphatic carboxylic acids is 1. The second-order valence-electron chi connectivity index (χ2n) is 6.74. The van der Waals surface area contributed by atoms with Gasteiger partial charge in [0.05, 0.1) is 18.2 Å². The summed E-state index contributed by atoms with van der Waals surface area (Å²) in [5, 5.41) is 26.3. The van der Waals surface area contributed by atoms with Gasteiger partial charge in [0.25, 0.3) is 5.91 Å². The first-order valence-electron chi connectivity index (χ1n) is 9.09. The summed E-state index contributed by atoms with van der Waals surface area (Å²) in [4.78, 5) is 24.1. The number of halogens is 3. The summed E-state index contributed by atoms with van der Waals surface area (Å²) in [6, 6.07) is 10.0. The fraction of sp³-hybridized carbons (Fsp3) is 0.150. The Hall–Kier alpha value is -3.86. The molecule has 4 rings (SSSR count). The number of fused-ring (bicyclic) bond motifs is 1. The molecule has 3 N–H and O–H groups in total. The van der Waals surface area contributed by atoms with Gasteiger partial charge in [0, 0.05) is 16.7 Å². The molecular weight excluding hydrogens is 452 g/mol. The molecule has 0 spiro atoms. The van der Waals surface area contributed by atoms with Gasteiger partial charge in [-0.05, 0) is 30.3 Å². The number of nitrogens with zero attached hydrogens (tertiary/aromatic N) is 2. The fourth-order valence-electron chi connectivity index (χ4n) is 3.16. The van der Waals surface area contributed by atoms with Crippen LogP contribution in [0.4, 0.5) is 8.78 Å². The number of carboxylic acid groups (broad SMARTS) is 1. The van der Waals surface area contributed by atoms with E-state index in [4.69, 9.17) is 11.6 Å². The van der Waals surface area contributed by atoms with Crippen molar-refractivity contribution in [1.29, 1.82) is 0 Å². The van der Waals surface area contributed by atoms with Crippen LogP contribution in [0.5, 0.6) is 17.4 Å². The lowest BCUT2D eigenvalue weighted by molar-refractivity contribution is -0.287. The highest BCUT2D eigenvalue weighted by atomic mass is 35.5. The number of carboxylic acids is 1. The maximum absolute atomic E-state index is 13.5. The number of hydrogen-bond acceptors (Lipinski definition) is 6. The van der Waals surface area contributed by atoms with E-state index in [1.165, 1.54) is 18.2 Å². The molecule has 0 bridgehead atoms. The van der Waals surface area contributed by atoms with Crippen LogP contribution in [0, 0.1) is 0 Å². The molecule has 1 aliphatic rings. The Balaban J connectivity index is 1.62. The van der Waals surface area contributed by atoms with E-state index in [1.54, 1.807) is 24.3 Å². The first kappa shape index (κ1) is 21.4. The van der Waals surface area contributed by atoms with Crippen molar-refractivity contribution in [2.24, 2.45) is 0 Å². The van der Waals surface area contributed by atoms with Gasteiger partial charge in [-0.2, -0.15) is 5.10 Å². The average molecular weight is 466 g/mol. The Bertz CT molecular complexity index is 1200. The Morgan fingerprint density at radius 1 is 1.19 bits per heavy atom. The summed E-state index contributed by atoms with van der Waals surface area (Å²) in [6.07, 6.45) is -4.56. The number of aromatic nitrogens is 2. The lowest BCUT2D eigenvalue weighted by Gasteiger charge is -2.18. The number of amides is 1. The van der Waals surface area contributed by atoms with Crippen LogP contribution in [0.3, 0.4) is 0 Å². The average Bonchev–Trinajstić information content (AvgIpc) is 3.25. The monoisotopic (exact) mass is 465 g/mol. The van der Waals surface area contributed by atoms with Crippen molar-refractivity contribution in [2.45, 2.75) is 18.8 Å². The van der Waals surface area contributed by atoms with Gasteiger partial charge in [-0.3, -0.25) is 9.59 Å². The van der Waals surface area contributed by atoms with E-state index in [9.17, 15) is 28.6 Å². The molecule has 0 fully saturated rings. The maximum atomic E-state index is 13.5. The Kier molecular flexibility index (Phi) is 5.35. The molecule has 1 aromatic heterocycles. The van der Waals surface area contributed by atoms with Crippen molar-refractivity contribution in [3.8, 4) is 23.1 Å². The number of benzene rings is 2. The molecule has 1 unspecified atom stereocenters. The number of nitrogens with one attached hydrogen (secondary N) is 1. The minimum Gasteiger partial charge on any atom is -0.493 e. The smallest absolute Gasteiger partial charge is 0.493 e. The summed E-state index contributed by atoms with van der Waals surface area (Å²) in [6.45, 7) is 0. The van der Waals surface area contributed by atoms with Crippen molar-refractivity contribution in [2.75, 3.05) is 0 Å². The molecule has 2 aromatic carbocycles. The molecule has 0 radical (unpaired) electrons. The summed E-state index contributed by atoms with van der Waals surface area (Å²) in [5.41, 5.74) is 0.168. The van der Waals surface area contributed by atoms with E-state index in [-0.39, 0.29) is 28.6 Å². The number of rotatable bonds is 6. The van der Waals surface area contributed by atoms with E-state index in [2.05, 4.69) is 19.9 Å².